The molecule has 1 aliphatic heterocycles. The van der Waals surface area contributed by atoms with Crippen molar-refractivity contribution in [1.82, 2.24) is 14.2 Å². The Morgan fingerprint density at radius 3 is 2.48 bits per heavy atom. The van der Waals surface area contributed by atoms with Gasteiger partial charge in [0.2, 0.25) is 10.0 Å². The van der Waals surface area contributed by atoms with E-state index in [1.54, 1.807) is 34.9 Å². The molecule has 1 aromatic carbocycles. The molecule has 6 heteroatoms. The number of rotatable bonds is 3. The predicted molar refractivity (Wildman–Crippen MR) is 98.9 cm³/mol. The molecule has 1 saturated carbocycles. The zero-order chi connectivity index (χ0) is 17.3. The van der Waals surface area contributed by atoms with Crippen LogP contribution in [0.5, 0.6) is 0 Å². The quantitative estimate of drug-likeness (QED) is 0.846. The highest BCUT2D eigenvalue weighted by Crippen LogP contribution is 2.28. The normalized spacial score (nSPS) is 21.6. The van der Waals surface area contributed by atoms with Gasteiger partial charge in [-0.25, -0.2) is 8.42 Å². The van der Waals surface area contributed by atoms with Crippen molar-refractivity contribution in [2.75, 3.05) is 26.2 Å². The molecule has 0 amide bonds. The Balaban J connectivity index is 1.53. The third-order valence-electron chi connectivity index (χ3n) is 5.62. The van der Waals surface area contributed by atoms with Crippen LogP contribution in [0.2, 0.25) is 0 Å². The van der Waals surface area contributed by atoms with Crippen molar-refractivity contribution in [1.29, 1.82) is 0 Å². The van der Waals surface area contributed by atoms with E-state index in [-0.39, 0.29) is 0 Å². The molecule has 0 unspecified atom stereocenters. The van der Waals surface area contributed by atoms with Crippen molar-refractivity contribution < 1.29 is 8.42 Å². The molecule has 2 fully saturated rings. The van der Waals surface area contributed by atoms with Gasteiger partial charge in [-0.15, -0.1) is 0 Å². The van der Waals surface area contributed by atoms with Crippen molar-refractivity contribution in [3.63, 3.8) is 0 Å². The standard InChI is InChI=1S/C19H25N3O2S/c23-25(24,19-8-4-5-16-15-20-10-9-18(16)19)22-13-11-21(12-14-22)17-6-2-1-3-7-17/h4-5,8-10,15,17H,1-3,6-7,11-14H2. The maximum Gasteiger partial charge on any atom is 0.243 e. The number of fused-ring (bicyclic) bond motifs is 1. The van der Waals surface area contributed by atoms with E-state index in [2.05, 4.69) is 9.88 Å². The van der Waals surface area contributed by atoms with Crippen LogP contribution >= 0.6 is 0 Å². The zero-order valence-electron chi connectivity index (χ0n) is 14.5. The van der Waals surface area contributed by atoms with E-state index in [4.69, 9.17) is 0 Å². The van der Waals surface area contributed by atoms with Gasteiger partial charge in [0.15, 0.2) is 0 Å². The van der Waals surface area contributed by atoms with E-state index in [0.717, 1.165) is 23.9 Å². The summed E-state index contributed by atoms with van der Waals surface area (Å²) >= 11 is 0. The van der Waals surface area contributed by atoms with Crippen molar-refractivity contribution in [2.24, 2.45) is 0 Å². The van der Waals surface area contributed by atoms with E-state index >= 15 is 0 Å². The number of aromatic nitrogens is 1. The Labute approximate surface area is 149 Å². The minimum Gasteiger partial charge on any atom is -0.298 e. The van der Waals surface area contributed by atoms with Gasteiger partial charge in [-0.05, 0) is 25.0 Å². The van der Waals surface area contributed by atoms with Crippen LogP contribution < -0.4 is 0 Å². The van der Waals surface area contributed by atoms with Crippen LogP contribution in [-0.2, 0) is 10.0 Å². The largest absolute Gasteiger partial charge is 0.298 e. The molecule has 0 radical (unpaired) electrons. The summed E-state index contributed by atoms with van der Waals surface area (Å²) < 4.78 is 28.0. The molecule has 0 atom stereocenters. The van der Waals surface area contributed by atoms with E-state index < -0.39 is 10.0 Å². The van der Waals surface area contributed by atoms with Gasteiger partial charge in [0, 0.05) is 55.4 Å². The Morgan fingerprint density at radius 2 is 1.72 bits per heavy atom. The molecule has 4 rings (SSSR count). The first-order valence-electron chi connectivity index (χ1n) is 9.23. The van der Waals surface area contributed by atoms with E-state index in [0.29, 0.717) is 24.0 Å². The van der Waals surface area contributed by atoms with Crippen molar-refractivity contribution in [2.45, 2.75) is 43.0 Å². The molecule has 1 aliphatic carbocycles. The van der Waals surface area contributed by atoms with Gasteiger partial charge in [-0.3, -0.25) is 9.88 Å². The highest BCUT2D eigenvalue weighted by atomic mass is 32.2. The highest BCUT2D eigenvalue weighted by Gasteiger charge is 2.32. The first-order valence-corrected chi connectivity index (χ1v) is 10.7. The Hall–Kier alpha value is -1.50. The lowest BCUT2D eigenvalue weighted by atomic mass is 9.94. The summed E-state index contributed by atoms with van der Waals surface area (Å²) in [5.74, 6) is 0. The van der Waals surface area contributed by atoms with Crippen LogP contribution in [-0.4, -0.2) is 54.8 Å². The second-order valence-corrected chi connectivity index (χ2v) is 8.99. The lowest BCUT2D eigenvalue weighted by molar-refractivity contribution is 0.111. The van der Waals surface area contributed by atoms with Crippen LogP contribution in [0.1, 0.15) is 32.1 Å². The second-order valence-electron chi connectivity index (χ2n) is 7.08. The van der Waals surface area contributed by atoms with Gasteiger partial charge in [-0.1, -0.05) is 31.4 Å². The molecule has 2 aromatic rings. The van der Waals surface area contributed by atoms with Gasteiger partial charge in [0.05, 0.1) is 4.90 Å². The van der Waals surface area contributed by atoms with Crippen LogP contribution in [0, 0.1) is 0 Å². The van der Waals surface area contributed by atoms with Crippen LogP contribution in [0.4, 0.5) is 0 Å². The molecule has 0 spiro atoms. The van der Waals surface area contributed by atoms with Gasteiger partial charge in [0.25, 0.3) is 0 Å². The monoisotopic (exact) mass is 359 g/mol. The van der Waals surface area contributed by atoms with E-state index in [9.17, 15) is 8.42 Å². The third-order valence-corrected chi connectivity index (χ3v) is 7.58. The van der Waals surface area contributed by atoms with Gasteiger partial charge < -0.3 is 0 Å². The van der Waals surface area contributed by atoms with Crippen molar-refractivity contribution >= 4 is 20.8 Å². The molecule has 2 heterocycles. The predicted octanol–water partition coefficient (Wildman–Crippen LogP) is 2.87. The van der Waals surface area contributed by atoms with Gasteiger partial charge >= 0.3 is 0 Å². The Bertz CT molecular complexity index is 833. The Morgan fingerprint density at radius 1 is 0.960 bits per heavy atom. The highest BCUT2D eigenvalue weighted by molar-refractivity contribution is 7.89. The summed E-state index contributed by atoms with van der Waals surface area (Å²) in [5.41, 5.74) is 0. The topological polar surface area (TPSA) is 53.5 Å². The minimum atomic E-state index is -3.46. The summed E-state index contributed by atoms with van der Waals surface area (Å²) in [5, 5.41) is 1.62. The molecule has 25 heavy (non-hydrogen) atoms. The molecule has 0 N–H and O–H groups in total. The number of piperazine rings is 1. The summed E-state index contributed by atoms with van der Waals surface area (Å²) in [6.07, 6.45) is 9.88. The number of nitrogens with zero attached hydrogens (tertiary/aromatic N) is 3. The second kappa shape index (κ2) is 7.02. The summed E-state index contributed by atoms with van der Waals surface area (Å²) in [6, 6.07) is 7.87. The lowest BCUT2D eigenvalue weighted by Gasteiger charge is -2.40. The van der Waals surface area contributed by atoms with Gasteiger partial charge in [-0.2, -0.15) is 4.31 Å². The molecular formula is C19H25N3O2S. The lowest BCUT2D eigenvalue weighted by Crippen LogP contribution is -2.52. The number of hydrogen-bond donors (Lipinski definition) is 0. The van der Waals surface area contributed by atoms with E-state index in [1.165, 1.54) is 32.1 Å². The first-order chi connectivity index (χ1) is 12.2. The smallest absolute Gasteiger partial charge is 0.243 e. The molecular weight excluding hydrogens is 334 g/mol. The molecule has 5 nitrogen and oxygen atoms in total. The number of pyridine rings is 1. The molecule has 0 bridgehead atoms. The van der Waals surface area contributed by atoms with Crippen molar-refractivity contribution in [3.05, 3.63) is 36.7 Å². The first kappa shape index (κ1) is 16.9. The SMILES string of the molecule is O=S(=O)(c1cccc2cnccc12)N1CCN(C2CCCCC2)CC1. The van der Waals surface area contributed by atoms with Crippen LogP contribution in [0.3, 0.4) is 0 Å². The summed E-state index contributed by atoms with van der Waals surface area (Å²) in [6.45, 7) is 2.85. The Kier molecular flexibility index (Phi) is 4.75. The van der Waals surface area contributed by atoms with Crippen LogP contribution in [0.15, 0.2) is 41.6 Å². The maximum atomic E-state index is 13.2. The average molecular weight is 359 g/mol. The molecule has 1 saturated heterocycles. The fourth-order valence-corrected chi connectivity index (χ4v) is 5.85. The zero-order valence-corrected chi connectivity index (χ0v) is 15.3. The van der Waals surface area contributed by atoms with E-state index in [1.807, 2.05) is 6.07 Å². The fraction of sp³-hybridized carbons (Fsp3) is 0.526. The summed E-state index contributed by atoms with van der Waals surface area (Å²) in [4.78, 5) is 6.99. The number of hydrogen-bond acceptors (Lipinski definition) is 4. The minimum absolute atomic E-state index is 0.401. The third kappa shape index (κ3) is 3.30. The maximum absolute atomic E-state index is 13.2. The molecule has 2 aliphatic rings. The average Bonchev–Trinajstić information content (AvgIpc) is 2.68. The molecule has 134 valence electrons. The molecule has 1 aromatic heterocycles. The van der Waals surface area contributed by atoms with Crippen LogP contribution in [0.25, 0.3) is 10.8 Å². The fourth-order valence-electron chi connectivity index (χ4n) is 4.21. The number of sulfonamides is 1. The number of benzene rings is 1. The van der Waals surface area contributed by atoms with Gasteiger partial charge in [0.1, 0.15) is 0 Å². The summed E-state index contributed by atoms with van der Waals surface area (Å²) in [7, 11) is -3.46. The van der Waals surface area contributed by atoms with Crippen molar-refractivity contribution in [3.8, 4) is 0 Å².